The van der Waals surface area contributed by atoms with Gasteiger partial charge in [-0.1, -0.05) is 35.3 Å². The Balaban J connectivity index is 2.41. The van der Waals surface area contributed by atoms with E-state index in [4.69, 9.17) is 28.3 Å². The summed E-state index contributed by atoms with van der Waals surface area (Å²) in [5.74, 6) is -0.948. The maximum Gasteiger partial charge on any atom is 0.352 e. The third-order valence-corrected chi connectivity index (χ3v) is 3.60. The summed E-state index contributed by atoms with van der Waals surface area (Å²) in [4.78, 5) is 11.2. The first kappa shape index (κ1) is 13.0. The third-order valence-electron chi connectivity index (χ3n) is 2.74. The van der Waals surface area contributed by atoms with E-state index in [-0.39, 0.29) is 5.69 Å². The number of aromatic carboxylic acids is 1. The minimum atomic E-state index is -0.948. The van der Waals surface area contributed by atoms with Gasteiger partial charge in [-0.05, 0) is 30.2 Å². The monoisotopic (exact) mass is 283 g/mol. The van der Waals surface area contributed by atoms with E-state index in [1.165, 1.54) is 0 Å². The number of rotatable bonds is 3. The summed E-state index contributed by atoms with van der Waals surface area (Å²) in [7, 11) is 0. The van der Waals surface area contributed by atoms with Gasteiger partial charge in [0.15, 0.2) is 0 Å². The van der Waals surface area contributed by atoms with Gasteiger partial charge in [0, 0.05) is 12.7 Å². The summed E-state index contributed by atoms with van der Waals surface area (Å²) in [6.07, 6.45) is 1.73. The number of carbonyl (C=O) groups is 1. The Morgan fingerprint density at radius 1 is 1.33 bits per heavy atom. The van der Waals surface area contributed by atoms with E-state index in [0.717, 1.165) is 11.1 Å². The number of hydrogen-bond donors (Lipinski definition) is 1. The van der Waals surface area contributed by atoms with Crippen LogP contribution >= 0.6 is 23.2 Å². The standard InChI is InChI=1S/C13H11Cl2NO2/c1-8-5-6-16(12(8)13(17)18)7-9-3-2-4-10(14)11(9)15/h2-6H,7H2,1H3,(H,17,18). The summed E-state index contributed by atoms with van der Waals surface area (Å²) >= 11 is 12.0. The van der Waals surface area contributed by atoms with Crippen molar-refractivity contribution in [2.75, 3.05) is 0 Å². The molecule has 0 aliphatic carbocycles. The molecule has 2 rings (SSSR count). The van der Waals surface area contributed by atoms with Gasteiger partial charge in [-0.2, -0.15) is 0 Å². The van der Waals surface area contributed by atoms with Crippen LogP contribution in [0.5, 0.6) is 0 Å². The molecule has 0 atom stereocenters. The van der Waals surface area contributed by atoms with Crippen LogP contribution in [0.4, 0.5) is 0 Å². The molecule has 1 aromatic carbocycles. The van der Waals surface area contributed by atoms with Gasteiger partial charge in [0.1, 0.15) is 5.69 Å². The van der Waals surface area contributed by atoms with Crippen LogP contribution in [0.3, 0.4) is 0 Å². The summed E-state index contributed by atoms with van der Waals surface area (Å²) < 4.78 is 1.65. The maximum atomic E-state index is 11.2. The molecule has 0 fully saturated rings. The van der Waals surface area contributed by atoms with Gasteiger partial charge < -0.3 is 9.67 Å². The number of carboxylic acids is 1. The zero-order valence-corrected chi connectivity index (χ0v) is 11.2. The first-order chi connectivity index (χ1) is 8.50. The average Bonchev–Trinajstić information content (AvgIpc) is 2.66. The molecule has 1 N–H and O–H groups in total. The fraction of sp³-hybridized carbons (Fsp3) is 0.154. The molecule has 5 heteroatoms. The van der Waals surface area contributed by atoms with E-state index in [1.807, 2.05) is 6.07 Å². The Hall–Kier alpha value is -1.45. The van der Waals surface area contributed by atoms with E-state index in [0.29, 0.717) is 16.6 Å². The SMILES string of the molecule is Cc1ccn(Cc2cccc(Cl)c2Cl)c1C(=O)O. The molecule has 0 saturated heterocycles. The maximum absolute atomic E-state index is 11.2. The molecule has 0 aliphatic rings. The van der Waals surface area contributed by atoms with E-state index in [2.05, 4.69) is 0 Å². The van der Waals surface area contributed by atoms with Crippen molar-refractivity contribution in [3.63, 3.8) is 0 Å². The molecule has 94 valence electrons. The lowest BCUT2D eigenvalue weighted by atomic mass is 10.2. The number of aromatic nitrogens is 1. The van der Waals surface area contributed by atoms with Crippen LogP contribution in [0.25, 0.3) is 0 Å². The molecule has 0 unspecified atom stereocenters. The molecule has 0 saturated carbocycles. The fourth-order valence-electron chi connectivity index (χ4n) is 1.86. The number of nitrogens with zero attached hydrogens (tertiary/aromatic N) is 1. The molecule has 0 aliphatic heterocycles. The molecule has 0 radical (unpaired) electrons. The van der Waals surface area contributed by atoms with Gasteiger partial charge in [0.25, 0.3) is 0 Å². The minimum Gasteiger partial charge on any atom is -0.477 e. The van der Waals surface area contributed by atoms with Gasteiger partial charge in [-0.25, -0.2) is 4.79 Å². The lowest BCUT2D eigenvalue weighted by molar-refractivity contribution is 0.0685. The number of aryl methyl sites for hydroxylation is 1. The highest BCUT2D eigenvalue weighted by molar-refractivity contribution is 6.42. The summed E-state index contributed by atoms with van der Waals surface area (Å²) in [5.41, 5.74) is 1.79. The van der Waals surface area contributed by atoms with Crippen LogP contribution in [0.2, 0.25) is 10.0 Å². The second-order valence-corrected chi connectivity index (χ2v) is 4.78. The Morgan fingerprint density at radius 3 is 2.72 bits per heavy atom. The van der Waals surface area contributed by atoms with Gasteiger partial charge in [0.05, 0.1) is 10.0 Å². The predicted octanol–water partition coefficient (Wildman–Crippen LogP) is 3.85. The van der Waals surface area contributed by atoms with Crippen LogP contribution < -0.4 is 0 Å². The summed E-state index contributed by atoms with van der Waals surface area (Å²) in [6, 6.07) is 7.09. The summed E-state index contributed by atoms with van der Waals surface area (Å²) in [5, 5.41) is 10.1. The second kappa shape index (κ2) is 5.04. The third kappa shape index (κ3) is 2.37. The van der Waals surface area contributed by atoms with E-state index in [9.17, 15) is 4.79 Å². The molecule has 1 heterocycles. The van der Waals surface area contributed by atoms with Crippen molar-refractivity contribution in [2.45, 2.75) is 13.5 Å². The molecule has 1 aromatic heterocycles. The number of carboxylic acid groups (broad SMARTS) is 1. The Bertz CT molecular complexity index is 605. The van der Waals surface area contributed by atoms with E-state index in [1.54, 1.807) is 35.9 Å². The fourth-order valence-corrected chi connectivity index (χ4v) is 2.24. The quantitative estimate of drug-likeness (QED) is 0.930. The number of benzene rings is 1. The van der Waals surface area contributed by atoms with Crippen molar-refractivity contribution < 1.29 is 9.90 Å². The van der Waals surface area contributed by atoms with Crippen molar-refractivity contribution in [2.24, 2.45) is 0 Å². The molecule has 0 bridgehead atoms. The molecule has 3 nitrogen and oxygen atoms in total. The smallest absolute Gasteiger partial charge is 0.352 e. The van der Waals surface area contributed by atoms with Crippen LogP contribution in [0, 0.1) is 6.92 Å². The van der Waals surface area contributed by atoms with Crippen LogP contribution in [-0.2, 0) is 6.54 Å². The van der Waals surface area contributed by atoms with Crippen LogP contribution in [0.15, 0.2) is 30.5 Å². The largest absolute Gasteiger partial charge is 0.477 e. The molecule has 2 aromatic rings. The number of halogens is 2. The van der Waals surface area contributed by atoms with Crippen molar-refractivity contribution in [3.05, 3.63) is 57.3 Å². The number of hydrogen-bond acceptors (Lipinski definition) is 1. The minimum absolute atomic E-state index is 0.269. The lowest BCUT2D eigenvalue weighted by Crippen LogP contribution is -2.10. The zero-order chi connectivity index (χ0) is 13.3. The topological polar surface area (TPSA) is 42.2 Å². The van der Waals surface area contributed by atoms with Gasteiger partial charge in [0.2, 0.25) is 0 Å². The first-order valence-electron chi connectivity index (χ1n) is 5.32. The molecular formula is C13H11Cl2NO2. The second-order valence-electron chi connectivity index (χ2n) is 3.99. The van der Waals surface area contributed by atoms with Crippen molar-refractivity contribution in [1.29, 1.82) is 0 Å². The van der Waals surface area contributed by atoms with E-state index >= 15 is 0 Å². The Morgan fingerprint density at radius 2 is 2.06 bits per heavy atom. The lowest BCUT2D eigenvalue weighted by Gasteiger charge is -2.09. The predicted molar refractivity (Wildman–Crippen MR) is 71.7 cm³/mol. The molecular weight excluding hydrogens is 273 g/mol. The van der Waals surface area contributed by atoms with Gasteiger partial charge in [-0.3, -0.25) is 0 Å². The molecule has 0 spiro atoms. The van der Waals surface area contributed by atoms with Crippen molar-refractivity contribution in [3.8, 4) is 0 Å². The Labute approximate surface area is 115 Å². The average molecular weight is 284 g/mol. The first-order valence-corrected chi connectivity index (χ1v) is 6.08. The van der Waals surface area contributed by atoms with Crippen LogP contribution in [-0.4, -0.2) is 15.6 Å². The normalized spacial score (nSPS) is 10.6. The van der Waals surface area contributed by atoms with Gasteiger partial charge >= 0.3 is 5.97 Å². The molecule has 18 heavy (non-hydrogen) atoms. The Kier molecular flexibility index (Phi) is 3.64. The highest BCUT2D eigenvalue weighted by atomic mass is 35.5. The summed E-state index contributed by atoms with van der Waals surface area (Å²) in [6.45, 7) is 2.15. The van der Waals surface area contributed by atoms with Crippen LogP contribution in [0.1, 0.15) is 21.6 Å². The highest BCUT2D eigenvalue weighted by Crippen LogP contribution is 2.26. The van der Waals surface area contributed by atoms with E-state index < -0.39 is 5.97 Å². The highest BCUT2D eigenvalue weighted by Gasteiger charge is 2.14. The zero-order valence-electron chi connectivity index (χ0n) is 9.65. The van der Waals surface area contributed by atoms with Crippen molar-refractivity contribution in [1.82, 2.24) is 4.57 Å². The van der Waals surface area contributed by atoms with Gasteiger partial charge in [-0.15, -0.1) is 0 Å². The molecule has 0 amide bonds. The van der Waals surface area contributed by atoms with Crippen molar-refractivity contribution >= 4 is 29.2 Å².